The van der Waals surface area contributed by atoms with Crippen LogP contribution in [0.15, 0.2) is 0 Å². The monoisotopic (exact) mass is 201 g/mol. The SMILES string of the molecule is CCNC(CC(=O)C(C)(C)C)C(=O)O. The predicted molar refractivity (Wildman–Crippen MR) is 54.2 cm³/mol. The zero-order chi connectivity index (χ0) is 11.4. The van der Waals surface area contributed by atoms with E-state index in [1.54, 1.807) is 20.8 Å². The van der Waals surface area contributed by atoms with Crippen LogP contribution in [0.2, 0.25) is 0 Å². The molecule has 0 aromatic rings. The number of hydrogen-bond donors (Lipinski definition) is 2. The molecule has 0 radical (unpaired) electrons. The molecule has 4 nitrogen and oxygen atoms in total. The number of rotatable bonds is 5. The molecule has 0 aromatic heterocycles. The maximum atomic E-state index is 11.6. The Morgan fingerprint density at radius 2 is 1.86 bits per heavy atom. The Hall–Kier alpha value is -0.900. The summed E-state index contributed by atoms with van der Waals surface area (Å²) in [4.78, 5) is 22.3. The molecule has 0 aromatic carbocycles. The maximum absolute atomic E-state index is 11.6. The lowest BCUT2D eigenvalue weighted by Gasteiger charge is -2.20. The number of aliphatic carboxylic acids is 1. The smallest absolute Gasteiger partial charge is 0.321 e. The quantitative estimate of drug-likeness (QED) is 0.698. The van der Waals surface area contributed by atoms with Crippen LogP contribution < -0.4 is 5.32 Å². The van der Waals surface area contributed by atoms with Gasteiger partial charge >= 0.3 is 5.97 Å². The molecule has 0 aliphatic heterocycles. The molecule has 0 saturated heterocycles. The highest BCUT2D eigenvalue weighted by atomic mass is 16.4. The lowest BCUT2D eigenvalue weighted by atomic mass is 9.87. The van der Waals surface area contributed by atoms with E-state index >= 15 is 0 Å². The second-order valence-electron chi connectivity index (χ2n) is 4.33. The minimum absolute atomic E-state index is 0.0362. The van der Waals surface area contributed by atoms with Crippen LogP contribution >= 0.6 is 0 Å². The van der Waals surface area contributed by atoms with Crippen molar-refractivity contribution >= 4 is 11.8 Å². The third-order valence-corrected chi connectivity index (χ3v) is 1.97. The van der Waals surface area contributed by atoms with Gasteiger partial charge < -0.3 is 10.4 Å². The molecule has 4 heteroatoms. The van der Waals surface area contributed by atoms with Gasteiger partial charge in [-0.25, -0.2) is 0 Å². The number of carboxylic acid groups (broad SMARTS) is 1. The number of carboxylic acids is 1. The third-order valence-electron chi connectivity index (χ3n) is 1.97. The molecule has 0 aliphatic rings. The fourth-order valence-corrected chi connectivity index (χ4v) is 0.985. The van der Waals surface area contributed by atoms with Crippen molar-refractivity contribution in [1.29, 1.82) is 0 Å². The molecule has 0 fully saturated rings. The summed E-state index contributed by atoms with van der Waals surface area (Å²) in [6.07, 6.45) is 0.0483. The largest absolute Gasteiger partial charge is 0.480 e. The Morgan fingerprint density at radius 1 is 1.36 bits per heavy atom. The summed E-state index contributed by atoms with van der Waals surface area (Å²) < 4.78 is 0. The van der Waals surface area contributed by atoms with Crippen LogP contribution in [0.5, 0.6) is 0 Å². The topological polar surface area (TPSA) is 66.4 Å². The van der Waals surface area contributed by atoms with Crippen molar-refractivity contribution in [2.75, 3.05) is 6.54 Å². The molecule has 0 saturated carbocycles. The van der Waals surface area contributed by atoms with E-state index in [4.69, 9.17) is 5.11 Å². The first-order valence-corrected chi connectivity index (χ1v) is 4.78. The summed E-state index contributed by atoms with van der Waals surface area (Å²) in [6.45, 7) is 7.74. The zero-order valence-corrected chi connectivity index (χ0v) is 9.26. The summed E-state index contributed by atoms with van der Waals surface area (Å²) in [7, 11) is 0. The summed E-state index contributed by atoms with van der Waals surface area (Å²) in [5.74, 6) is -1.00. The van der Waals surface area contributed by atoms with Crippen LogP contribution in [0.25, 0.3) is 0 Å². The van der Waals surface area contributed by atoms with Gasteiger partial charge in [0.1, 0.15) is 11.8 Å². The average molecular weight is 201 g/mol. The zero-order valence-electron chi connectivity index (χ0n) is 9.26. The third kappa shape index (κ3) is 4.37. The van der Waals surface area contributed by atoms with Gasteiger partial charge in [0, 0.05) is 11.8 Å². The van der Waals surface area contributed by atoms with E-state index in [-0.39, 0.29) is 12.2 Å². The van der Waals surface area contributed by atoms with E-state index < -0.39 is 17.4 Å². The van der Waals surface area contributed by atoms with Crippen molar-refractivity contribution in [3.05, 3.63) is 0 Å². The average Bonchev–Trinajstić information content (AvgIpc) is 2.01. The predicted octanol–water partition coefficient (Wildman–Crippen LogP) is 1.05. The lowest BCUT2D eigenvalue weighted by molar-refractivity contribution is -0.142. The highest BCUT2D eigenvalue weighted by Crippen LogP contribution is 2.17. The van der Waals surface area contributed by atoms with E-state index in [2.05, 4.69) is 5.32 Å². The Labute approximate surface area is 84.7 Å². The Bertz CT molecular complexity index is 218. The van der Waals surface area contributed by atoms with Gasteiger partial charge in [0.05, 0.1) is 0 Å². The van der Waals surface area contributed by atoms with Crippen LogP contribution in [-0.2, 0) is 9.59 Å². The molecule has 0 heterocycles. The second kappa shape index (κ2) is 5.10. The van der Waals surface area contributed by atoms with Gasteiger partial charge in [0.15, 0.2) is 0 Å². The van der Waals surface area contributed by atoms with Crippen molar-refractivity contribution in [2.24, 2.45) is 5.41 Å². The van der Waals surface area contributed by atoms with E-state index in [9.17, 15) is 9.59 Å². The van der Waals surface area contributed by atoms with Crippen molar-refractivity contribution in [2.45, 2.75) is 40.2 Å². The molecule has 1 atom stereocenters. The molecular weight excluding hydrogens is 182 g/mol. The van der Waals surface area contributed by atoms with Gasteiger partial charge in [0.25, 0.3) is 0 Å². The van der Waals surface area contributed by atoms with Gasteiger partial charge in [-0.2, -0.15) is 0 Å². The van der Waals surface area contributed by atoms with Crippen molar-refractivity contribution in [1.82, 2.24) is 5.32 Å². The first-order valence-electron chi connectivity index (χ1n) is 4.78. The fraction of sp³-hybridized carbons (Fsp3) is 0.800. The summed E-state index contributed by atoms with van der Waals surface area (Å²) in [5.41, 5.74) is -0.469. The minimum atomic E-state index is -0.968. The van der Waals surface area contributed by atoms with E-state index in [1.165, 1.54) is 0 Å². The van der Waals surface area contributed by atoms with Crippen LogP contribution in [0.1, 0.15) is 34.1 Å². The van der Waals surface area contributed by atoms with Gasteiger partial charge in [-0.3, -0.25) is 9.59 Å². The first kappa shape index (κ1) is 13.1. The lowest BCUT2D eigenvalue weighted by Crippen LogP contribution is -2.40. The van der Waals surface area contributed by atoms with E-state index in [0.29, 0.717) is 6.54 Å². The standard InChI is InChI=1S/C10H19NO3/c1-5-11-7(9(13)14)6-8(12)10(2,3)4/h7,11H,5-6H2,1-4H3,(H,13,14). The molecule has 0 bridgehead atoms. The molecular formula is C10H19NO3. The van der Waals surface area contributed by atoms with E-state index in [0.717, 1.165) is 0 Å². The molecule has 1 unspecified atom stereocenters. The Morgan fingerprint density at radius 3 is 2.14 bits per heavy atom. The van der Waals surface area contributed by atoms with Crippen LogP contribution in [0.3, 0.4) is 0 Å². The van der Waals surface area contributed by atoms with Gasteiger partial charge in [0.2, 0.25) is 0 Å². The van der Waals surface area contributed by atoms with Gasteiger partial charge in [-0.1, -0.05) is 27.7 Å². The molecule has 0 rings (SSSR count). The maximum Gasteiger partial charge on any atom is 0.321 e. The number of likely N-dealkylation sites (N-methyl/N-ethyl adjacent to an activating group) is 1. The first-order chi connectivity index (χ1) is 6.29. The van der Waals surface area contributed by atoms with Crippen LogP contribution in [0.4, 0.5) is 0 Å². The summed E-state index contributed by atoms with van der Waals surface area (Å²) in [6, 6.07) is -0.758. The normalized spacial score (nSPS) is 13.7. The number of carbonyl (C=O) groups excluding carboxylic acids is 1. The Balaban J connectivity index is 4.31. The van der Waals surface area contributed by atoms with Crippen molar-refractivity contribution in [3.8, 4) is 0 Å². The molecule has 0 amide bonds. The number of Topliss-reactive ketones (excluding diaryl/α,β-unsaturated/α-hetero) is 1. The van der Waals surface area contributed by atoms with Crippen molar-refractivity contribution in [3.63, 3.8) is 0 Å². The summed E-state index contributed by atoms with van der Waals surface area (Å²) >= 11 is 0. The highest BCUT2D eigenvalue weighted by Gasteiger charge is 2.27. The number of hydrogen-bond acceptors (Lipinski definition) is 3. The van der Waals surface area contributed by atoms with Crippen LogP contribution in [-0.4, -0.2) is 29.4 Å². The van der Waals surface area contributed by atoms with Gasteiger partial charge in [-0.15, -0.1) is 0 Å². The van der Waals surface area contributed by atoms with Crippen LogP contribution in [0, 0.1) is 5.41 Å². The highest BCUT2D eigenvalue weighted by molar-refractivity contribution is 5.88. The van der Waals surface area contributed by atoms with E-state index in [1.807, 2.05) is 6.92 Å². The molecule has 14 heavy (non-hydrogen) atoms. The molecule has 0 spiro atoms. The number of ketones is 1. The molecule has 2 N–H and O–H groups in total. The second-order valence-corrected chi connectivity index (χ2v) is 4.33. The fourth-order valence-electron chi connectivity index (χ4n) is 0.985. The van der Waals surface area contributed by atoms with Crippen molar-refractivity contribution < 1.29 is 14.7 Å². The molecule has 0 aliphatic carbocycles. The Kier molecular flexibility index (Phi) is 4.77. The molecule has 82 valence electrons. The number of carbonyl (C=O) groups is 2. The minimum Gasteiger partial charge on any atom is -0.480 e. The summed E-state index contributed by atoms with van der Waals surface area (Å²) in [5, 5.41) is 11.6. The van der Waals surface area contributed by atoms with Gasteiger partial charge in [-0.05, 0) is 6.54 Å². The number of nitrogens with one attached hydrogen (secondary N) is 1.